The molecule has 0 heterocycles. The third-order valence-corrected chi connectivity index (χ3v) is 4.13. The molecule has 2 aromatic rings. The van der Waals surface area contributed by atoms with Crippen LogP contribution in [0.2, 0.25) is 0 Å². The van der Waals surface area contributed by atoms with E-state index >= 15 is 0 Å². The lowest BCUT2D eigenvalue weighted by Gasteiger charge is -2.36. The van der Waals surface area contributed by atoms with Gasteiger partial charge in [0.2, 0.25) is 0 Å². The van der Waals surface area contributed by atoms with Crippen LogP contribution in [-0.4, -0.2) is 45.6 Å². The summed E-state index contributed by atoms with van der Waals surface area (Å²) in [6.07, 6.45) is -1.60. The fourth-order valence-corrected chi connectivity index (χ4v) is 2.82. The van der Waals surface area contributed by atoms with Crippen molar-refractivity contribution in [3.8, 4) is 11.5 Å². The lowest BCUT2D eigenvalue weighted by molar-refractivity contribution is -0.167. The maximum atomic E-state index is 12.2. The molecule has 1 unspecified atom stereocenters. The Labute approximate surface area is 146 Å². The van der Waals surface area contributed by atoms with Crippen LogP contribution in [0.1, 0.15) is 11.1 Å². The predicted octanol–water partition coefficient (Wildman–Crippen LogP) is 2.13. The smallest absolute Gasteiger partial charge is 0.338 e. The van der Waals surface area contributed by atoms with Crippen LogP contribution in [0.15, 0.2) is 48.5 Å². The maximum Gasteiger partial charge on any atom is 0.338 e. The quantitative estimate of drug-likeness (QED) is 0.774. The maximum absolute atomic E-state index is 12.2. The number of ether oxygens (including phenoxy) is 4. The Morgan fingerprint density at radius 1 is 0.920 bits per heavy atom. The van der Waals surface area contributed by atoms with Crippen molar-refractivity contribution >= 4 is 5.97 Å². The van der Waals surface area contributed by atoms with Crippen molar-refractivity contribution in [1.82, 2.24) is 0 Å². The average molecular weight is 346 g/mol. The van der Waals surface area contributed by atoms with Crippen molar-refractivity contribution in [2.75, 3.05) is 28.4 Å². The van der Waals surface area contributed by atoms with Crippen LogP contribution in [0.4, 0.5) is 0 Å². The van der Waals surface area contributed by atoms with Crippen molar-refractivity contribution in [3.05, 3.63) is 59.7 Å². The van der Waals surface area contributed by atoms with Gasteiger partial charge in [0, 0.05) is 7.11 Å². The van der Waals surface area contributed by atoms with E-state index in [1.165, 1.54) is 28.4 Å². The van der Waals surface area contributed by atoms with Crippen LogP contribution >= 0.6 is 0 Å². The highest BCUT2D eigenvalue weighted by Gasteiger charge is 2.47. The highest BCUT2D eigenvalue weighted by molar-refractivity contribution is 5.77. The lowest BCUT2D eigenvalue weighted by atomic mass is 9.81. The molecule has 0 saturated carbocycles. The first-order valence-corrected chi connectivity index (χ1v) is 7.63. The Morgan fingerprint density at radius 2 is 1.40 bits per heavy atom. The monoisotopic (exact) mass is 346 g/mol. The van der Waals surface area contributed by atoms with Gasteiger partial charge in [-0.1, -0.05) is 24.3 Å². The minimum absolute atomic E-state index is 0.542. The molecule has 0 aliphatic heterocycles. The normalized spacial score (nSPS) is 12.4. The molecule has 0 aromatic heterocycles. The van der Waals surface area contributed by atoms with Crippen LogP contribution in [0.5, 0.6) is 11.5 Å². The fourth-order valence-electron chi connectivity index (χ4n) is 2.82. The largest absolute Gasteiger partial charge is 0.497 e. The SMILES string of the molecule is COC(=O)C(O)C(OC)(c1cccc(OC)c1)c1cccc(OC)c1. The highest BCUT2D eigenvalue weighted by Crippen LogP contribution is 2.39. The highest BCUT2D eigenvalue weighted by atomic mass is 16.6. The Balaban J connectivity index is 2.74. The number of hydrogen-bond donors (Lipinski definition) is 1. The number of rotatable bonds is 7. The molecule has 25 heavy (non-hydrogen) atoms. The van der Waals surface area contributed by atoms with Crippen LogP contribution < -0.4 is 9.47 Å². The van der Waals surface area contributed by atoms with Crippen molar-refractivity contribution < 1.29 is 28.8 Å². The van der Waals surface area contributed by atoms with Gasteiger partial charge in [-0.25, -0.2) is 4.79 Å². The van der Waals surface area contributed by atoms with E-state index in [-0.39, 0.29) is 0 Å². The Bertz CT molecular complexity index is 680. The van der Waals surface area contributed by atoms with Crippen LogP contribution in [0.25, 0.3) is 0 Å². The Hall–Kier alpha value is -2.57. The molecular formula is C19H22O6. The molecule has 6 nitrogen and oxygen atoms in total. The molecule has 0 aliphatic carbocycles. The molecule has 0 saturated heterocycles. The van der Waals surface area contributed by atoms with Gasteiger partial charge in [0.25, 0.3) is 0 Å². The molecule has 6 heteroatoms. The van der Waals surface area contributed by atoms with Crippen molar-refractivity contribution in [2.45, 2.75) is 11.7 Å². The number of hydrogen-bond acceptors (Lipinski definition) is 6. The van der Waals surface area contributed by atoms with E-state index in [0.717, 1.165) is 0 Å². The number of carbonyl (C=O) groups excluding carboxylic acids is 1. The molecule has 0 spiro atoms. The molecule has 0 aliphatic rings. The minimum Gasteiger partial charge on any atom is -0.497 e. The van der Waals surface area contributed by atoms with Gasteiger partial charge in [0.15, 0.2) is 11.7 Å². The summed E-state index contributed by atoms with van der Waals surface area (Å²) in [5, 5.41) is 10.8. The number of benzene rings is 2. The van der Waals surface area contributed by atoms with Gasteiger partial charge in [-0.3, -0.25) is 0 Å². The number of esters is 1. The summed E-state index contributed by atoms with van der Waals surface area (Å²) in [7, 11) is 5.71. The second kappa shape index (κ2) is 8.00. The molecule has 0 amide bonds. The van der Waals surface area contributed by atoms with E-state index in [2.05, 4.69) is 0 Å². The van der Waals surface area contributed by atoms with Crippen LogP contribution in [-0.2, 0) is 19.9 Å². The molecule has 2 rings (SSSR count). The first-order valence-electron chi connectivity index (χ1n) is 7.63. The topological polar surface area (TPSA) is 74.2 Å². The molecule has 0 fully saturated rings. The summed E-state index contributed by atoms with van der Waals surface area (Å²) >= 11 is 0. The predicted molar refractivity (Wildman–Crippen MR) is 91.8 cm³/mol. The Kier molecular flexibility index (Phi) is 6.01. The van der Waals surface area contributed by atoms with Crippen molar-refractivity contribution in [1.29, 1.82) is 0 Å². The molecule has 1 atom stereocenters. The molecular weight excluding hydrogens is 324 g/mol. The lowest BCUT2D eigenvalue weighted by Crippen LogP contribution is -2.47. The first-order chi connectivity index (χ1) is 12.0. The number of aliphatic hydroxyl groups excluding tert-OH is 1. The van der Waals surface area contributed by atoms with E-state index in [1.807, 2.05) is 0 Å². The standard InChI is InChI=1S/C19H22O6/c1-22-15-9-5-7-13(11-15)19(25-4,17(20)18(21)24-3)14-8-6-10-16(12-14)23-2/h5-12,17,20H,1-4H3. The van der Waals surface area contributed by atoms with Gasteiger partial charge < -0.3 is 24.1 Å². The first kappa shape index (κ1) is 18.8. The summed E-state index contributed by atoms with van der Waals surface area (Å²) in [6, 6.07) is 13.9. The van der Waals surface area contributed by atoms with E-state index in [4.69, 9.17) is 18.9 Å². The number of methoxy groups -OCH3 is 4. The number of carbonyl (C=O) groups is 1. The minimum atomic E-state index is -1.60. The summed E-state index contributed by atoms with van der Waals surface area (Å²) in [6.45, 7) is 0. The van der Waals surface area contributed by atoms with Crippen molar-refractivity contribution in [3.63, 3.8) is 0 Å². The third-order valence-electron chi connectivity index (χ3n) is 4.13. The third kappa shape index (κ3) is 3.45. The second-order valence-corrected chi connectivity index (χ2v) is 5.33. The molecule has 2 aromatic carbocycles. The van der Waals surface area contributed by atoms with Gasteiger partial charge in [-0.15, -0.1) is 0 Å². The molecule has 134 valence electrons. The number of aliphatic hydroxyl groups is 1. The van der Waals surface area contributed by atoms with E-state index in [1.54, 1.807) is 48.5 Å². The van der Waals surface area contributed by atoms with Crippen LogP contribution in [0, 0.1) is 0 Å². The summed E-state index contributed by atoms with van der Waals surface area (Å²) < 4.78 is 21.0. The van der Waals surface area contributed by atoms with Gasteiger partial charge >= 0.3 is 5.97 Å². The van der Waals surface area contributed by atoms with Gasteiger partial charge in [0.05, 0.1) is 21.3 Å². The average Bonchev–Trinajstić information content (AvgIpc) is 2.68. The zero-order chi connectivity index (χ0) is 18.4. The fraction of sp³-hybridized carbons (Fsp3) is 0.316. The van der Waals surface area contributed by atoms with Gasteiger partial charge in [-0.2, -0.15) is 0 Å². The van der Waals surface area contributed by atoms with Crippen molar-refractivity contribution in [2.24, 2.45) is 0 Å². The van der Waals surface area contributed by atoms with Gasteiger partial charge in [-0.05, 0) is 35.4 Å². The molecule has 0 radical (unpaired) electrons. The van der Waals surface area contributed by atoms with E-state index in [9.17, 15) is 9.90 Å². The summed E-state index contributed by atoms with van der Waals surface area (Å²) in [5.41, 5.74) is -0.406. The van der Waals surface area contributed by atoms with Crippen LogP contribution in [0.3, 0.4) is 0 Å². The van der Waals surface area contributed by atoms with E-state index in [0.29, 0.717) is 22.6 Å². The molecule has 0 bridgehead atoms. The zero-order valence-electron chi connectivity index (χ0n) is 14.7. The second-order valence-electron chi connectivity index (χ2n) is 5.33. The molecule has 1 N–H and O–H groups in total. The summed E-state index contributed by atoms with van der Waals surface area (Å²) in [5.74, 6) is 0.324. The summed E-state index contributed by atoms with van der Waals surface area (Å²) in [4.78, 5) is 12.2. The van der Waals surface area contributed by atoms with E-state index < -0.39 is 17.7 Å². The Morgan fingerprint density at radius 3 is 1.76 bits per heavy atom. The zero-order valence-corrected chi connectivity index (χ0v) is 14.7. The van der Waals surface area contributed by atoms with Gasteiger partial charge in [0.1, 0.15) is 11.5 Å².